The van der Waals surface area contributed by atoms with E-state index in [0.717, 1.165) is 66.3 Å². The maximum atomic E-state index is 14.6. The summed E-state index contributed by atoms with van der Waals surface area (Å²) in [6.45, 7) is 9.90. The molecule has 4 aliphatic rings. The van der Waals surface area contributed by atoms with Crippen LogP contribution >= 0.6 is 11.8 Å². The predicted octanol–water partition coefficient (Wildman–Crippen LogP) is 5.40. The Morgan fingerprint density at radius 3 is 1.89 bits per heavy atom. The Kier molecular flexibility index (Phi) is 13.6. The van der Waals surface area contributed by atoms with Crippen LogP contribution in [0.5, 0.6) is 0 Å². The molecule has 2 heterocycles. The Morgan fingerprint density at radius 1 is 0.742 bits per heavy atom. The molecular weight excluding hydrogens is 801 g/mol. The number of thioether (sulfide) groups is 1. The Hall–Kier alpha value is -4.72. The van der Waals surface area contributed by atoms with Crippen LogP contribution in [0.15, 0.2) is 66.7 Å². The zero-order chi connectivity index (χ0) is 44.5. The van der Waals surface area contributed by atoms with Crippen molar-refractivity contribution in [2.45, 2.75) is 139 Å². The van der Waals surface area contributed by atoms with Crippen molar-refractivity contribution >= 4 is 41.4 Å². The van der Waals surface area contributed by atoms with Gasteiger partial charge in [-0.2, -0.15) is 0 Å². The van der Waals surface area contributed by atoms with Gasteiger partial charge in [-0.1, -0.05) is 87.5 Å². The fourth-order valence-corrected chi connectivity index (χ4v) is 10.5. The third kappa shape index (κ3) is 9.60. The van der Waals surface area contributed by atoms with E-state index in [4.69, 9.17) is 16.2 Å². The first kappa shape index (κ1) is 45.3. The van der Waals surface area contributed by atoms with Crippen LogP contribution in [0.2, 0.25) is 0 Å². The van der Waals surface area contributed by atoms with Gasteiger partial charge in [0.15, 0.2) is 0 Å². The SMILES string of the molecule is COC(=O)CSC(C)(C)C(N)C(=O)N1Cc2cc(C3C[C@@H](C(=O)N[C@@H]4CCCc5ccccc54)N(C(=O)C(N)C(C)(C)C)C3)ccc2CC1C(=O)NC1CCCc2ccccc21. The summed E-state index contributed by atoms with van der Waals surface area (Å²) < 4.78 is 3.99. The monoisotopic (exact) mass is 864 g/mol. The van der Waals surface area contributed by atoms with E-state index in [-0.39, 0.29) is 60.3 Å². The zero-order valence-electron chi connectivity index (χ0n) is 37.1. The van der Waals surface area contributed by atoms with Gasteiger partial charge in [0.05, 0.1) is 37.0 Å². The highest BCUT2D eigenvalue weighted by Gasteiger charge is 2.46. The number of fused-ring (bicyclic) bond motifs is 3. The number of hydrogen-bond donors (Lipinski definition) is 4. The van der Waals surface area contributed by atoms with Gasteiger partial charge in [-0.15, -0.1) is 11.8 Å². The van der Waals surface area contributed by atoms with Crippen LogP contribution in [-0.4, -0.2) is 87.7 Å². The van der Waals surface area contributed by atoms with Crippen molar-refractivity contribution in [1.29, 1.82) is 0 Å². The first-order valence-corrected chi connectivity index (χ1v) is 23.2. The summed E-state index contributed by atoms with van der Waals surface area (Å²) in [6, 6.07) is 18.8. The Bertz CT molecular complexity index is 2190. The summed E-state index contributed by atoms with van der Waals surface area (Å²) in [5.74, 6) is -1.64. The number of carbonyl (C=O) groups excluding carboxylic acids is 5. The molecule has 7 rings (SSSR count). The highest BCUT2D eigenvalue weighted by molar-refractivity contribution is 8.01. The molecule has 13 heteroatoms. The van der Waals surface area contributed by atoms with Crippen molar-refractivity contribution in [3.8, 4) is 0 Å². The van der Waals surface area contributed by atoms with Crippen molar-refractivity contribution in [3.05, 3.63) is 106 Å². The fraction of sp³-hybridized carbons (Fsp3) is 0.531. The van der Waals surface area contributed by atoms with E-state index in [1.54, 1.807) is 9.80 Å². The van der Waals surface area contributed by atoms with Gasteiger partial charge >= 0.3 is 5.97 Å². The van der Waals surface area contributed by atoms with Crippen molar-refractivity contribution < 1.29 is 28.7 Å². The van der Waals surface area contributed by atoms with E-state index in [0.29, 0.717) is 13.0 Å². The third-order valence-electron chi connectivity index (χ3n) is 13.7. The number of nitrogens with zero attached hydrogens (tertiary/aromatic N) is 2. The summed E-state index contributed by atoms with van der Waals surface area (Å²) in [6.07, 6.45) is 6.16. The summed E-state index contributed by atoms with van der Waals surface area (Å²) >= 11 is 1.24. The van der Waals surface area contributed by atoms with E-state index < -0.39 is 40.3 Å². The van der Waals surface area contributed by atoms with Gasteiger partial charge in [0.25, 0.3) is 0 Å². The number of ether oxygens (including phenoxy) is 1. The number of esters is 1. The topological polar surface area (TPSA) is 177 Å². The number of nitrogens with one attached hydrogen (secondary N) is 2. The highest BCUT2D eigenvalue weighted by Crippen LogP contribution is 2.39. The van der Waals surface area contributed by atoms with E-state index in [2.05, 4.69) is 41.0 Å². The number of methoxy groups -OCH3 is 1. The zero-order valence-corrected chi connectivity index (χ0v) is 37.9. The van der Waals surface area contributed by atoms with Gasteiger partial charge in [0.1, 0.15) is 12.1 Å². The quantitative estimate of drug-likeness (QED) is 0.184. The van der Waals surface area contributed by atoms with Gasteiger partial charge in [0.2, 0.25) is 23.6 Å². The van der Waals surface area contributed by atoms with Crippen LogP contribution in [0.25, 0.3) is 0 Å². The molecule has 62 heavy (non-hydrogen) atoms. The first-order valence-electron chi connectivity index (χ1n) is 22.2. The molecule has 1 saturated heterocycles. The van der Waals surface area contributed by atoms with E-state index in [1.807, 2.05) is 71.0 Å². The van der Waals surface area contributed by atoms with Crippen LogP contribution in [0.3, 0.4) is 0 Å². The molecule has 0 spiro atoms. The van der Waals surface area contributed by atoms with Gasteiger partial charge < -0.3 is 36.6 Å². The molecule has 12 nitrogen and oxygen atoms in total. The minimum absolute atomic E-state index is 0.0240. The fourth-order valence-electron chi connectivity index (χ4n) is 9.66. The lowest BCUT2D eigenvalue weighted by Crippen LogP contribution is -2.60. The number of nitrogens with two attached hydrogens (primary N) is 2. The number of carbonyl (C=O) groups is 5. The maximum Gasteiger partial charge on any atom is 0.315 e. The molecule has 6 N–H and O–H groups in total. The van der Waals surface area contributed by atoms with Crippen molar-refractivity contribution in [1.82, 2.24) is 20.4 Å². The molecule has 4 amide bonds. The molecule has 0 saturated carbocycles. The summed E-state index contributed by atoms with van der Waals surface area (Å²) in [7, 11) is 1.32. The van der Waals surface area contributed by atoms with Gasteiger partial charge in [0, 0.05) is 30.2 Å². The smallest absolute Gasteiger partial charge is 0.315 e. The molecule has 0 bridgehead atoms. The van der Waals surface area contributed by atoms with Gasteiger partial charge in [-0.25, -0.2) is 0 Å². The summed E-state index contributed by atoms with van der Waals surface area (Å²) in [4.78, 5) is 73.0. The summed E-state index contributed by atoms with van der Waals surface area (Å²) in [5.41, 5.74) is 20.3. The van der Waals surface area contributed by atoms with E-state index in [9.17, 15) is 24.0 Å². The third-order valence-corrected chi connectivity index (χ3v) is 15.1. The van der Waals surface area contributed by atoms with Crippen LogP contribution in [0.4, 0.5) is 0 Å². The van der Waals surface area contributed by atoms with Crippen LogP contribution in [0, 0.1) is 5.41 Å². The molecule has 2 aliphatic heterocycles. The summed E-state index contributed by atoms with van der Waals surface area (Å²) in [5, 5.41) is 6.62. The Labute approximate surface area is 370 Å². The minimum atomic E-state index is -1.04. The molecule has 3 aromatic carbocycles. The molecule has 3 aromatic rings. The molecule has 7 atom stereocenters. The second-order valence-electron chi connectivity index (χ2n) is 19.2. The van der Waals surface area contributed by atoms with E-state index in [1.165, 1.54) is 30.0 Å². The van der Waals surface area contributed by atoms with Gasteiger partial charge in [-0.3, -0.25) is 24.0 Å². The number of hydrogen-bond acceptors (Lipinski definition) is 9. The highest BCUT2D eigenvalue weighted by atomic mass is 32.2. The lowest BCUT2D eigenvalue weighted by Gasteiger charge is -2.41. The maximum absolute atomic E-state index is 14.6. The number of amides is 4. The lowest BCUT2D eigenvalue weighted by molar-refractivity contribution is -0.143. The standard InChI is InChI=1S/C49H64N6O6S/c1-48(2,3)42(50)46(59)54-27-34(25-40(54)45(58)53-38-20-12-16-30-14-8-10-18-36(30)38)31-21-22-32-24-39(44(57)52-37-19-11-15-29-13-7-9-17-35(29)37)55(26-33(32)23-31)47(60)43(51)49(4,5)62-28-41(56)61-6/h7-10,13-14,17-18,21-23,34,37-40,42-43H,11-12,15-16,19-20,24-28,50-51H2,1-6H3,(H,52,57)(H,53,58)/t34?,37?,38-,39?,40+,42?,43?/m1/s1. The second-order valence-corrected chi connectivity index (χ2v) is 20.9. The number of likely N-dealkylation sites (tertiary alicyclic amines) is 1. The lowest BCUT2D eigenvalue weighted by atomic mass is 9.86. The number of rotatable bonds is 11. The van der Waals surface area contributed by atoms with Crippen LogP contribution in [-0.2, 0) is 54.5 Å². The number of aryl methyl sites for hydroxylation is 2. The molecule has 2 aliphatic carbocycles. The molecule has 5 unspecified atom stereocenters. The molecule has 332 valence electrons. The molecule has 0 radical (unpaired) electrons. The van der Waals surface area contributed by atoms with Crippen molar-refractivity contribution in [3.63, 3.8) is 0 Å². The average molecular weight is 865 g/mol. The largest absolute Gasteiger partial charge is 0.468 e. The second kappa shape index (κ2) is 18.6. The van der Waals surface area contributed by atoms with Gasteiger partial charge in [-0.05, 0) is 103 Å². The Balaban J connectivity index is 1.17. The van der Waals surface area contributed by atoms with Crippen LogP contribution < -0.4 is 22.1 Å². The Morgan fingerprint density at radius 2 is 1.31 bits per heavy atom. The first-order chi connectivity index (χ1) is 29.5. The van der Waals surface area contributed by atoms with E-state index >= 15 is 0 Å². The number of benzene rings is 3. The van der Waals surface area contributed by atoms with Crippen molar-refractivity contribution in [2.75, 3.05) is 19.4 Å². The average Bonchev–Trinajstić information content (AvgIpc) is 3.72. The minimum Gasteiger partial charge on any atom is -0.468 e. The molecular formula is C49H64N6O6S. The normalized spacial score (nSPS) is 23.3. The van der Waals surface area contributed by atoms with Crippen molar-refractivity contribution in [2.24, 2.45) is 16.9 Å². The molecule has 1 fully saturated rings. The molecule has 0 aromatic heterocycles. The van der Waals surface area contributed by atoms with Crippen LogP contribution in [0.1, 0.15) is 124 Å². The predicted molar refractivity (Wildman–Crippen MR) is 242 cm³/mol.